The van der Waals surface area contributed by atoms with Gasteiger partial charge < -0.3 is 21.3 Å². The number of nitrogens with one attached hydrogen (secondary N) is 4. The minimum Gasteiger partial charge on any atom is -0.354 e. The van der Waals surface area contributed by atoms with E-state index >= 15 is 0 Å². The van der Waals surface area contributed by atoms with E-state index in [0.29, 0.717) is 28.3 Å². The Morgan fingerprint density at radius 2 is 1.82 bits per heavy atom. The lowest BCUT2D eigenvalue weighted by Gasteiger charge is -2.10. The second kappa shape index (κ2) is 19.6. The van der Waals surface area contributed by atoms with Crippen LogP contribution in [0.3, 0.4) is 0 Å². The van der Waals surface area contributed by atoms with Crippen LogP contribution in [0.15, 0.2) is 54.0 Å². The third-order valence-electron chi connectivity index (χ3n) is 5.17. The van der Waals surface area contributed by atoms with Crippen molar-refractivity contribution in [2.24, 2.45) is 5.10 Å². The van der Waals surface area contributed by atoms with Crippen LogP contribution in [-0.2, 0) is 12.7 Å². The van der Waals surface area contributed by atoms with Crippen molar-refractivity contribution in [3.8, 4) is 12.1 Å². The molecule has 2 amide bonds. The van der Waals surface area contributed by atoms with Gasteiger partial charge in [0.25, 0.3) is 17.8 Å². The Labute approximate surface area is 297 Å². The first-order valence-electron chi connectivity index (χ1n) is 12.7. The molecule has 0 aliphatic heterocycles. The number of aromatic nitrogens is 3. The Kier molecular flexibility index (Phi) is 16.1. The van der Waals surface area contributed by atoms with Gasteiger partial charge in [-0.05, 0) is 29.7 Å². The molecule has 0 fully saturated rings. The van der Waals surface area contributed by atoms with Crippen molar-refractivity contribution >= 4 is 81.1 Å². The zero-order valence-electron chi connectivity index (χ0n) is 24.4. The lowest BCUT2D eigenvalue weighted by Crippen LogP contribution is -2.34. The first-order valence-corrected chi connectivity index (χ1v) is 15.5. The summed E-state index contributed by atoms with van der Waals surface area (Å²) in [5, 5.41) is 39.6. The number of para-hydroxylation sites is 1. The quantitative estimate of drug-likeness (QED) is 0.0596. The molecule has 15 nitrogen and oxygen atoms in total. The maximum Gasteiger partial charge on any atom is 0.417 e. The number of rotatable bonds is 7. The van der Waals surface area contributed by atoms with Gasteiger partial charge in [0.1, 0.15) is 27.6 Å². The van der Waals surface area contributed by atoms with E-state index in [9.17, 15) is 32.9 Å². The molecule has 0 radical (unpaired) electrons. The van der Waals surface area contributed by atoms with Gasteiger partial charge in [0, 0.05) is 30.5 Å². The number of benzene rings is 1. The summed E-state index contributed by atoms with van der Waals surface area (Å²) in [6, 6.07) is 11.0. The van der Waals surface area contributed by atoms with Gasteiger partial charge in [-0.25, -0.2) is 15.1 Å². The van der Waals surface area contributed by atoms with Crippen LogP contribution in [0.5, 0.6) is 0 Å². The molecular formula is C26H19Cl3F3N11O4S2. The molecule has 0 atom stereocenters. The largest absolute Gasteiger partial charge is 0.417 e. The maximum absolute atomic E-state index is 12.5. The molecule has 23 heteroatoms. The molecule has 1 aromatic carbocycles. The number of halogens is 6. The molecule has 49 heavy (non-hydrogen) atoms. The monoisotopic (exact) mass is 775 g/mol. The highest BCUT2D eigenvalue weighted by Crippen LogP contribution is 2.31. The molecule has 3 heterocycles. The molecule has 0 saturated carbocycles. The average Bonchev–Trinajstić information content (AvgIpc) is 3.65. The van der Waals surface area contributed by atoms with Gasteiger partial charge in [0.05, 0.1) is 35.0 Å². The summed E-state index contributed by atoms with van der Waals surface area (Å²) in [5.41, 5.74) is -0.869. The third-order valence-corrected chi connectivity index (χ3v) is 8.08. The summed E-state index contributed by atoms with van der Waals surface area (Å²) >= 11 is 19.3. The van der Waals surface area contributed by atoms with E-state index in [0.717, 1.165) is 28.8 Å². The van der Waals surface area contributed by atoms with Crippen molar-refractivity contribution in [2.45, 2.75) is 12.7 Å². The minimum atomic E-state index is -4.62. The molecular weight excluding hydrogens is 758 g/mol. The molecule has 4 aromatic rings. The van der Waals surface area contributed by atoms with Gasteiger partial charge in [0.15, 0.2) is 14.7 Å². The summed E-state index contributed by atoms with van der Waals surface area (Å²) in [6.45, 7) is 0.0307. The third kappa shape index (κ3) is 13.1. The lowest BCUT2D eigenvalue weighted by molar-refractivity contribution is -0.485. The number of amides is 2. The van der Waals surface area contributed by atoms with Crippen molar-refractivity contribution in [3.05, 3.63) is 100 Å². The van der Waals surface area contributed by atoms with Crippen LogP contribution in [0.4, 0.5) is 18.9 Å². The van der Waals surface area contributed by atoms with Crippen molar-refractivity contribution < 1.29 is 27.8 Å². The SMILES string of the molecule is CN/C(=N\[N+](=O)[O-])NCc1cnc(Cl)s1.N#CCNC(=O)c1cnccc1C(F)(F)F.N#Cc1ccccc1NC(=O)c1snc(Cl)c1Cl. The Morgan fingerprint density at radius 1 is 1.10 bits per heavy atom. The number of hydrogen-bond acceptors (Lipinski definition) is 11. The van der Waals surface area contributed by atoms with Crippen molar-refractivity contribution in [2.75, 3.05) is 18.9 Å². The van der Waals surface area contributed by atoms with E-state index in [4.69, 9.17) is 45.3 Å². The molecule has 0 aliphatic rings. The predicted molar refractivity (Wildman–Crippen MR) is 176 cm³/mol. The van der Waals surface area contributed by atoms with Crippen LogP contribution in [0.25, 0.3) is 0 Å². The Morgan fingerprint density at radius 3 is 2.37 bits per heavy atom. The smallest absolute Gasteiger partial charge is 0.354 e. The second-order valence-corrected chi connectivity index (χ2v) is 11.6. The molecule has 0 saturated heterocycles. The standard InChI is InChI=1S/C11H5Cl2N3OS.C9H6F3N3O.C6H8ClN5O2S/c12-8-9(18-16-10(8)13)11(17)15-7-4-2-1-3-6(7)5-14;10-9(11,12)7-1-3-14-5-6(7)8(16)15-4-2-13;1-8-6(11-12(13)14)10-3-4-2-9-5(7)15-4/h1-4H,(H,15,17);1,3,5H,4H2,(H,15,16);2H,3H2,1H3,(H2,8,10,11). The van der Waals surface area contributed by atoms with Gasteiger partial charge >= 0.3 is 6.18 Å². The van der Waals surface area contributed by atoms with Gasteiger partial charge in [-0.15, -0.1) is 11.3 Å². The number of nitro groups is 1. The van der Waals surface area contributed by atoms with E-state index in [-0.39, 0.29) is 27.6 Å². The minimum absolute atomic E-state index is 0.0875. The highest BCUT2D eigenvalue weighted by Gasteiger charge is 2.35. The first kappa shape index (κ1) is 40.1. The van der Waals surface area contributed by atoms with Crippen LogP contribution in [0.2, 0.25) is 14.6 Å². The van der Waals surface area contributed by atoms with E-state index in [1.54, 1.807) is 36.5 Å². The molecule has 0 aliphatic carbocycles. The second-order valence-electron chi connectivity index (χ2n) is 8.36. The average molecular weight is 777 g/mol. The Hall–Kier alpha value is -5.12. The molecule has 3 aromatic heterocycles. The summed E-state index contributed by atoms with van der Waals surface area (Å²) < 4.78 is 41.6. The molecule has 4 rings (SSSR count). The lowest BCUT2D eigenvalue weighted by atomic mass is 10.1. The van der Waals surface area contributed by atoms with Gasteiger partial charge in [-0.3, -0.25) is 14.6 Å². The fourth-order valence-corrected chi connectivity index (χ4v) is 5.13. The highest BCUT2D eigenvalue weighted by molar-refractivity contribution is 7.15. The maximum atomic E-state index is 12.5. The number of thiazole rings is 1. The van der Waals surface area contributed by atoms with Crippen LogP contribution in [0.1, 0.15) is 36.0 Å². The van der Waals surface area contributed by atoms with E-state index in [1.165, 1.54) is 18.4 Å². The summed E-state index contributed by atoms with van der Waals surface area (Å²) in [5.74, 6) is -1.32. The van der Waals surface area contributed by atoms with Crippen molar-refractivity contribution in [1.82, 2.24) is 30.3 Å². The first-order chi connectivity index (χ1) is 23.2. The predicted octanol–water partition coefficient (Wildman–Crippen LogP) is 5.58. The number of anilines is 1. The number of hydrogen-bond donors (Lipinski definition) is 4. The number of hydrazone groups is 1. The zero-order valence-corrected chi connectivity index (χ0v) is 28.3. The van der Waals surface area contributed by atoms with E-state index in [1.807, 2.05) is 11.4 Å². The molecule has 0 unspecified atom stereocenters. The number of pyridine rings is 1. The molecule has 0 bridgehead atoms. The number of nitriles is 2. The topological polar surface area (TPSA) is 224 Å². The number of guanidine groups is 1. The van der Waals surface area contributed by atoms with Crippen LogP contribution < -0.4 is 21.3 Å². The zero-order chi connectivity index (χ0) is 36.6. The Bertz CT molecular complexity index is 1890. The van der Waals surface area contributed by atoms with Gasteiger partial charge in [0.2, 0.25) is 0 Å². The summed E-state index contributed by atoms with van der Waals surface area (Å²) in [4.78, 5) is 41.6. The van der Waals surface area contributed by atoms with Crippen molar-refractivity contribution in [3.63, 3.8) is 0 Å². The van der Waals surface area contributed by atoms with Gasteiger partial charge in [-0.2, -0.15) is 28.1 Å². The summed E-state index contributed by atoms with van der Waals surface area (Å²) in [7, 11) is 1.54. The number of carbonyl (C=O) groups excluding carboxylic acids is 2. The van der Waals surface area contributed by atoms with E-state index < -0.39 is 34.1 Å². The number of alkyl halides is 3. The summed E-state index contributed by atoms with van der Waals surface area (Å²) in [6.07, 6.45) is -1.26. The van der Waals surface area contributed by atoms with Crippen LogP contribution in [-0.4, -0.2) is 50.7 Å². The van der Waals surface area contributed by atoms with E-state index in [2.05, 4.69) is 35.4 Å². The van der Waals surface area contributed by atoms with Crippen LogP contribution >= 0.6 is 57.7 Å². The highest BCUT2D eigenvalue weighted by atomic mass is 35.5. The fraction of sp³-hybridized carbons (Fsp3) is 0.154. The Balaban J connectivity index is 0.000000256. The number of carbonyl (C=O) groups is 2. The van der Waals surface area contributed by atoms with Crippen LogP contribution in [0, 0.1) is 32.8 Å². The normalized spacial score (nSPS) is 10.5. The number of nitrogens with zero attached hydrogens (tertiary/aromatic N) is 7. The molecule has 4 N–H and O–H groups in total. The van der Waals surface area contributed by atoms with Crippen molar-refractivity contribution in [1.29, 1.82) is 10.5 Å². The molecule has 256 valence electrons. The molecule has 0 spiro atoms. The fourth-order valence-electron chi connectivity index (χ4n) is 3.10. The van der Waals surface area contributed by atoms with Gasteiger partial charge in [-0.1, -0.05) is 46.9 Å².